The molecular weight excluding hydrogens is 240 g/mol. The number of hydrogen-bond acceptors (Lipinski definition) is 4. The Balaban J connectivity index is 1.99. The van der Waals surface area contributed by atoms with Gasteiger partial charge in [0.2, 0.25) is 0 Å². The summed E-state index contributed by atoms with van der Waals surface area (Å²) >= 11 is 0. The summed E-state index contributed by atoms with van der Waals surface area (Å²) in [6.07, 6.45) is 3.64. The van der Waals surface area contributed by atoms with Crippen LogP contribution in [0.25, 0.3) is 17.1 Å². The quantitative estimate of drug-likeness (QED) is 0.720. The van der Waals surface area contributed by atoms with E-state index in [0.717, 1.165) is 17.1 Å². The molecule has 0 aliphatic rings. The average molecular weight is 254 g/mol. The van der Waals surface area contributed by atoms with Gasteiger partial charge in [0.25, 0.3) is 5.89 Å². The molecule has 0 unspecified atom stereocenters. The average Bonchev–Trinajstić information content (AvgIpc) is 3.10. The molecule has 0 radical (unpaired) electrons. The molecule has 1 aromatic carbocycles. The van der Waals surface area contributed by atoms with Gasteiger partial charge in [0.1, 0.15) is 0 Å². The van der Waals surface area contributed by atoms with Crippen LogP contribution >= 0.6 is 0 Å². The molecule has 5 heteroatoms. The third-order valence-electron chi connectivity index (χ3n) is 2.82. The van der Waals surface area contributed by atoms with E-state index in [1.807, 2.05) is 50.4 Å². The van der Waals surface area contributed by atoms with Crippen molar-refractivity contribution >= 4 is 0 Å². The summed E-state index contributed by atoms with van der Waals surface area (Å²) in [5, 5.41) is 8.18. The lowest BCUT2D eigenvalue weighted by Gasteiger charge is -2.02. The lowest BCUT2D eigenvalue weighted by molar-refractivity contribution is 0.419. The van der Waals surface area contributed by atoms with E-state index in [2.05, 4.69) is 15.2 Å². The highest BCUT2D eigenvalue weighted by Crippen LogP contribution is 2.22. The normalized spacial score (nSPS) is 11.1. The zero-order valence-corrected chi connectivity index (χ0v) is 10.8. The minimum absolute atomic E-state index is 0.256. The Morgan fingerprint density at radius 2 is 2.11 bits per heavy atom. The molecule has 0 amide bonds. The zero-order chi connectivity index (χ0) is 13.2. The summed E-state index contributed by atoms with van der Waals surface area (Å²) in [7, 11) is 0. The van der Waals surface area contributed by atoms with Gasteiger partial charge in [0.15, 0.2) is 5.82 Å². The fourth-order valence-corrected chi connectivity index (χ4v) is 1.79. The van der Waals surface area contributed by atoms with E-state index < -0.39 is 0 Å². The van der Waals surface area contributed by atoms with Crippen LogP contribution in [0.3, 0.4) is 0 Å². The molecule has 0 saturated heterocycles. The van der Waals surface area contributed by atoms with Gasteiger partial charge in [-0.15, -0.1) is 0 Å². The summed E-state index contributed by atoms with van der Waals surface area (Å²) in [5.74, 6) is 1.52. The van der Waals surface area contributed by atoms with Crippen molar-refractivity contribution < 1.29 is 4.52 Å². The van der Waals surface area contributed by atoms with Crippen LogP contribution < -0.4 is 0 Å². The Kier molecular flexibility index (Phi) is 2.87. The molecule has 2 aromatic heterocycles. The molecule has 19 heavy (non-hydrogen) atoms. The zero-order valence-electron chi connectivity index (χ0n) is 10.8. The second-order valence-electron chi connectivity index (χ2n) is 4.61. The van der Waals surface area contributed by atoms with E-state index >= 15 is 0 Å². The van der Waals surface area contributed by atoms with Crippen LogP contribution in [0.2, 0.25) is 0 Å². The first kappa shape index (κ1) is 11.6. The molecule has 3 rings (SSSR count). The van der Waals surface area contributed by atoms with Gasteiger partial charge in [0.05, 0.1) is 5.69 Å². The smallest absolute Gasteiger partial charge is 0.258 e. The van der Waals surface area contributed by atoms with Crippen LogP contribution in [0.4, 0.5) is 0 Å². The first-order chi connectivity index (χ1) is 9.24. The van der Waals surface area contributed by atoms with Crippen LogP contribution in [0.1, 0.15) is 25.6 Å². The SMILES string of the molecule is CC(C)c1noc(-c2cccc(-n3cccn3)c2)n1. The van der Waals surface area contributed by atoms with Crippen molar-refractivity contribution in [1.82, 2.24) is 19.9 Å². The molecule has 0 saturated carbocycles. The minimum Gasteiger partial charge on any atom is -0.334 e. The van der Waals surface area contributed by atoms with E-state index in [-0.39, 0.29) is 5.92 Å². The maximum Gasteiger partial charge on any atom is 0.258 e. The predicted molar refractivity (Wildman–Crippen MR) is 70.9 cm³/mol. The molecule has 0 spiro atoms. The summed E-state index contributed by atoms with van der Waals surface area (Å²) < 4.78 is 7.09. The third-order valence-corrected chi connectivity index (χ3v) is 2.82. The number of aromatic nitrogens is 4. The van der Waals surface area contributed by atoms with Crippen LogP contribution in [0.15, 0.2) is 47.2 Å². The van der Waals surface area contributed by atoms with Crippen molar-refractivity contribution in [3.8, 4) is 17.1 Å². The molecule has 5 nitrogen and oxygen atoms in total. The summed E-state index contributed by atoms with van der Waals surface area (Å²) in [5.41, 5.74) is 1.86. The maximum atomic E-state index is 5.29. The van der Waals surface area contributed by atoms with E-state index in [1.54, 1.807) is 10.9 Å². The highest BCUT2D eigenvalue weighted by Gasteiger charge is 2.11. The topological polar surface area (TPSA) is 56.7 Å². The molecular formula is C14H14N4O. The van der Waals surface area contributed by atoms with Gasteiger partial charge in [-0.25, -0.2) is 4.68 Å². The van der Waals surface area contributed by atoms with Gasteiger partial charge in [-0.2, -0.15) is 10.1 Å². The van der Waals surface area contributed by atoms with E-state index in [9.17, 15) is 0 Å². The van der Waals surface area contributed by atoms with Gasteiger partial charge in [-0.1, -0.05) is 25.1 Å². The van der Waals surface area contributed by atoms with Crippen LogP contribution in [0.5, 0.6) is 0 Å². The van der Waals surface area contributed by atoms with Gasteiger partial charge in [-0.05, 0) is 24.3 Å². The van der Waals surface area contributed by atoms with Crippen molar-refractivity contribution in [3.05, 3.63) is 48.5 Å². The first-order valence-corrected chi connectivity index (χ1v) is 6.18. The molecule has 0 aliphatic carbocycles. The van der Waals surface area contributed by atoms with Gasteiger partial charge in [0, 0.05) is 23.9 Å². The van der Waals surface area contributed by atoms with Crippen LogP contribution in [-0.2, 0) is 0 Å². The summed E-state index contributed by atoms with van der Waals surface area (Å²) in [6.45, 7) is 4.07. The molecule has 0 aliphatic heterocycles. The molecule has 2 heterocycles. The minimum atomic E-state index is 0.256. The van der Waals surface area contributed by atoms with Crippen molar-refractivity contribution in [2.45, 2.75) is 19.8 Å². The Labute approximate surface area is 110 Å². The van der Waals surface area contributed by atoms with Crippen LogP contribution in [-0.4, -0.2) is 19.9 Å². The van der Waals surface area contributed by atoms with E-state index in [0.29, 0.717) is 5.89 Å². The lowest BCUT2D eigenvalue weighted by atomic mass is 10.2. The first-order valence-electron chi connectivity index (χ1n) is 6.18. The Hall–Kier alpha value is -2.43. The molecule has 96 valence electrons. The number of benzene rings is 1. The maximum absolute atomic E-state index is 5.29. The standard InChI is InChI=1S/C14H14N4O/c1-10(2)13-16-14(19-17-13)11-5-3-6-12(9-11)18-8-4-7-15-18/h3-10H,1-2H3. The fraction of sp³-hybridized carbons (Fsp3) is 0.214. The number of hydrogen-bond donors (Lipinski definition) is 0. The summed E-state index contributed by atoms with van der Waals surface area (Å²) in [6, 6.07) is 9.74. The second-order valence-corrected chi connectivity index (χ2v) is 4.61. The molecule has 0 N–H and O–H groups in total. The Bertz CT molecular complexity index is 670. The Morgan fingerprint density at radius 1 is 1.21 bits per heavy atom. The predicted octanol–water partition coefficient (Wildman–Crippen LogP) is 3.05. The van der Waals surface area contributed by atoms with E-state index in [1.165, 1.54) is 0 Å². The van der Waals surface area contributed by atoms with Crippen molar-refractivity contribution in [3.63, 3.8) is 0 Å². The lowest BCUT2D eigenvalue weighted by Crippen LogP contribution is -1.94. The van der Waals surface area contributed by atoms with Crippen molar-refractivity contribution in [2.24, 2.45) is 0 Å². The van der Waals surface area contributed by atoms with Gasteiger partial charge >= 0.3 is 0 Å². The van der Waals surface area contributed by atoms with Crippen molar-refractivity contribution in [2.75, 3.05) is 0 Å². The van der Waals surface area contributed by atoms with Crippen molar-refractivity contribution in [1.29, 1.82) is 0 Å². The van der Waals surface area contributed by atoms with Gasteiger partial charge in [-0.3, -0.25) is 0 Å². The molecule has 0 fully saturated rings. The molecule has 3 aromatic rings. The number of rotatable bonds is 3. The highest BCUT2D eigenvalue weighted by molar-refractivity contribution is 5.57. The fourth-order valence-electron chi connectivity index (χ4n) is 1.79. The Morgan fingerprint density at radius 3 is 2.79 bits per heavy atom. The second kappa shape index (κ2) is 4.68. The monoisotopic (exact) mass is 254 g/mol. The number of nitrogens with zero attached hydrogens (tertiary/aromatic N) is 4. The van der Waals surface area contributed by atoms with Crippen LogP contribution in [0, 0.1) is 0 Å². The largest absolute Gasteiger partial charge is 0.334 e. The summed E-state index contributed by atoms with van der Waals surface area (Å²) in [4.78, 5) is 4.39. The third kappa shape index (κ3) is 2.27. The van der Waals surface area contributed by atoms with E-state index in [4.69, 9.17) is 4.52 Å². The highest BCUT2D eigenvalue weighted by atomic mass is 16.5. The van der Waals surface area contributed by atoms with Gasteiger partial charge < -0.3 is 4.52 Å². The molecule has 0 bridgehead atoms. The molecule has 0 atom stereocenters.